The van der Waals surface area contributed by atoms with E-state index in [2.05, 4.69) is 4.74 Å². The van der Waals surface area contributed by atoms with Crippen molar-refractivity contribution >= 4 is 11.8 Å². The van der Waals surface area contributed by atoms with E-state index in [1.165, 1.54) is 7.11 Å². The minimum Gasteiger partial charge on any atom is -0.463 e. The summed E-state index contributed by atoms with van der Waals surface area (Å²) >= 11 is 0. The Kier molecular flexibility index (Phi) is 1.98. The number of rotatable bonds is 2. The number of hydrogen-bond acceptors (Lipinski definition) is 3. The van der Waals surface area contributed by atoms with Crippen LogP contribution in [0.4, 0.5) is 0 Å². The smallest absolute Gasteiger partial charge is 0.374 e. The van der Waals surface area contributed by atoms with Gasteiger partial charge in [-0.25, -0.2) is 4.79 Å². The molecule has 1 fully saturated rings. The summed E-state index contributed by atoms with van der Waals surface area (Å²) in [6.07, 6.45) is 0. The summed E-state index contributed by atoms with van der Waals surface area (Å²) in [5.41, 5.74) is 0. The molecule has 0 heterocycles. The Labute approximate surface area is 65.7 Å². The monoisotopic (exact) mass is 156 g/mol. The first-order valence-corrected chi connectivity index (χ1v) is 3.71. The Morgan fingerprint density at radius 1 is 1.18 bits per heavy atom. The Bertz CT molecular complexity index is 190. The largest absolute Gasteiger partial charge is 0.463 e. The maximum absolute atomic E-state index is 11.1. The van der Waals surface area contributed by atoms with Crippen molar-refractivity contribution in [2.75, 3.05) is 7.11 Å². The minimum atomic E-state index is -0.703. The first kappa shape index (κ1) is 8.24. The van der Waals surface area contributed by atoms with Crippen LogP contribution >= 0.6 is 0 Å². The predicted octanol–water partition coefficient (Wildman–Crippen LogP) is 0.630. The van der Waals surface area contributed by atoms with Crippen LogP contribution in [0.25, 0.3) is 0 Å². The van der Waals surface area contributed by atoms with E-state index < -0.39 is 5.97 Å². The molecule has 0 aromatic rings. The molecule has 0 N–H and O–H groups in total. The summed E-state index contributed by atoms with van der Waals surface area (Å²) in [4.78, 5) is 21.8. The summed E-state index contributed by atoms with van der Waals surface area (Å²) in [5, 5.41) is 0. The molecular weight excluding hydrogens is 144 g/mol. The number of methoxy groups -OCH3 is 1. The molecule has 1 saturated carbocycles. The van der Waals surface area contributed by atoms with E-state index in [4.69, 9.17) is 0 Å². The zero-order valence-electron chi connectivity index (χ0n) is 6.96. The first-order chi connectivity index (χ1) is 5.09. The second-order valence-corrected chi connectivity index (χ2v) is 3.10. The Hall–Kier alpha value is -0.860. The van der Waals surface area contributed by atoms with E-state index in [9.17, 15) is 9.59 Å². The fourth-order valence-electron chi connectivity index (χ4n) is 1.38. The predicted molar refractivity (Wildman–Crippen MR) is 38.8 cm³/mol. The van der Waals surface area contributed by atoms with Gasteiger partial charge < -0.3 is 4.74 Å². The highest BCUT2D eigenvalue weighted by molar-refractivity contribution is 6.35. The van der Waals surface area contributed by atoms with Crippen LogP contribution in [0.15, 0.2) is 0 Å². The summed E-state index contributed by atoms with van der Waals surface area (Å²) < 4.78 is 4.32. The van der Waals surface area contributed by atoms with Gasteiger partial charge >= 0.3 is 5.97 Å². The molecule has 0 saturated heterocycles. The lowest BCUT2D eigenvalue weighted by molar-refractivity contribution is -0.152. The van der Waals surface area contributed by atoms with E-state index in [1.807, 2.05) is 13.8 Å². The lowest BCUT2D eigenvalue weighted by atomic mass is 10.2. The van der Waals surface area contributed by atoms with Gasteiger partial charge in [-0.15, -0.1) is 0 Å². The van der Waals surface area contributed by atoms with Gasteiger partial charge in [0.1, 0.15) is 0 Å². The summed E-state index contributed by atoms with van der Waals surface area (Å²) in [6.45, 7) is 3.94. The molecule has 0 unspecified atom stereocenters. The summed E-state index contributed by atoms with van der Waals surface area (Å²) in [7, 11) is 1.23. The molecule has 1 aliphatic carbocycles. The molecule has 0 aromatic heterocycles. The lowest BCUT2D eigenvalue weighted by Gasteiger charge is -1.94. The van der Waals surface area contributed by atoms with Crippen LogP contribution in [-0.4, -0.2) is 18.9 Å². The van der Waals surface area contributed by atoms with Crippen molar-refractivity contribution in [3.63, 3.8) is 0 Å². The normalized spacial score (nSPS) is 34.6. The average Bonchev–Trinajstić information content (AvgIpc) is 2.57. The molecule has 62 valence electrons. The SMILES string of the molecule is COC(=O)C(=O)C1[C@H](C)[C@H]1C. The van der Waals surface area contributed by atoms with Gasteiger partial charge in [0.05, 0.1) is 7.11 Å². The third kappa shape index (κ3) is 1.27. The van der Waals surface area contributed by atoms with Gasteiger partial charge in [-0.05, 0) is 11.8 Å². The van der Waals surface area contributed by atoms with Crippen LogP contribution in [0.3, 0.4) is 0 Å². The molecule has 11 heavy (non-hydrogen) atoms. The quantitative estimate of drug-likeness (QED) is 0.435. The number of ketones is 1. The van der Waals surface area contributed by atoms with Crippen LogP contribution in [-0.2, 0) is 14.3 Å². The molecule has 0 radical (unpaired) electrons. The van der Waals surface area contributed by atoms with Gasteiger partial charge in [0.2, 0.25) is 5.78 Å². The minimum absolute atomic E-state index is 0.0811. The highest BCUT2D eigenvalue weighted by Gasteiger charge is 2.50. The Balaban J connectivity index is 2.51. The average molecular weight is 156 g/mol. The molecule has 3 heteroatoms. The Morgan fingerprint density at radius 3 is 1.91 bits per heavy atom. The van der Waals surface area contributed by atoms with Crippen molar-refractivity contribution < 1.29 is 14.3 Å². The van der Waals surface area contributed by atoms with Crippen LogP contribution in [0.2, 0.25) is 0 Å². The van der Waals surface area contributed by atoms with Crippen LogP contribution < -0.4 is 0 Å². The standard InChI is InChI=1S/C8H12O3/c1-4-5(2)6(4)7(9)8(10)11-3/h4-6H,1-3H3/t4-,5-/m1/s1. The van der Waals surface area contributed by atoms with Crippen LogP contribution in [0.5, 0.6) is 0 Å². The van der Waals surface area contributed by atoms with Crippen molar-refractivity contribution in [3.8, 4) is 0 Å². The van der Waals surface area contributed by atoms with E-state index in [1.54, 1.807) is 0 Å². The number of carbonyl (C=O) groups excluding carboxylic acids is 2. The van der Waals surface area contributed by atoms with Crippen molar-refractivity contribution in [1.29, 1.82) is 0 Å². The Morgan fingerprint density at radius 2 is 1.64 bits per heavy atom. The second kappa shape index (κ2) is 2.64. The maximum atomic E-state index is 11.1. The molecule has 1 aliphatic rings. The third-order valence-corrected chi connectivity index (χ3v) is 2.51. The molecule has 1 rings (SSSR count). The second-order valence-electron chi connectivity index (χ2n) is 3.10. The summed E-state index contributed by atoms with van der Waals surface area (Å²) in [6, 6.07) is 0. The van der Waals surface area contributed by atoms with Gasteiger partial charge in [-0.3, -0.25) is 4.79 Å². The number of Topliss-reactive ketones (excluding diaryl/α,β-unsaturated/α-hetero) is 1. The highest BCUT2D eigenvalue weighted by atomic mass is 16.5. The van der Waals surface area contributed by atoms with Crippen molar-refractivity contribution in [1.82, 2.24) is 0 Å². The topological polar surface area (TPSA) is 43.4 Å². The zero-order chi connectivity index (χ0) is 8.59. The van der Waals surface area contributed by atoms with Crippen molar-refractivity contribution in [3.05, 3.63) is 0 Å². The van der Waals surface area contributed by atoms with Crippen LogP contribution in [0.1, 0.15) is 13.8 Å². The van der Waals surface area contributed by atoms with Crippen molar-refractivity contribution in [2.24, 2.45) is 17.8 Å². The molecule has 2 atom stereocenters. The fraction of sp³-hybridized carbons (Fsp3) is 0.750. The molecule has 0 bridgehead atoms. The van der Waals surface area contributed by atoms with Gasteiger partial charge in [0, 0.05) is 5.92 Å². The number of esters is 1. The first-order valence-electron chi connectivity index (χ1n) is 3.71. The maximum Gasteiger partial charge on any atom is 0.374 e. The number of hydrogen-bond donors (Lipinski definition) is 0. The van der Waals surface area contributed by atoms with Gasteiger partial charge in [-0.2, -0.15) is 0 Å². The van der Waals surface area contributed by atoms with Gasteiger partial charge in [-0.1, -0.05) is 13.8 Å². The van der Waals surface area contributed by atoms with E-state index >= 15 is 0 Å². The van der Waals surface area contributed by atoms with Gasteiger partial charge in [0.15, 0.2) is 0 Å². The highest BCUT2D eigenvalue weighted by Crippen LogP contribution is 2.45. The third-order valence-electron chi connectivity index (χ3n) is 2.51. The number of ether oxygens (including phenoxy) is 1. The molecule has 0 amide bonds. The van der Waals surface area contributed by atoms with E-state index in [0.29, 0.717) is 11.8 Å². The van der Waals surface area contributed by atoms with Crippen molar-refractivity contribution in [2.45, 2.75) is 13.8 Å². The van der Waals surface area contributed by atoms with Gasteiger partial charge in [0.25, 0.3) is 0 Å². The van der Waals surface area contributed by atoms with Crippen LogP contribution in [0, 0.1) is 17.8 Å². The fourth-order valence-corrected chi connectivity index (χ4v) is 1.38. The summed E-state index contributed by atoms with van der Waals surface area (Å²) in [5.74, 6) is -0.454. The lowest BCUT2D eigenvalue weighted by Crippen LogP contribution is -2.18. The molecule has 0 aromatic carbocycles. The molecule has 0 aliphatic heterocycles. The molecule has 3 nitrogen and oxygen atoms in total. The number of carbonyl (C=O) groups is 2. The molecular formula is C8H12O3. The zero-order valence-corrected chi connectivity index (χ0v) is 6.96. The van der Waals surface area contributed by atoms with E-state index in [0.717, 1.165) is 0 Å². The molecule has 0 spiro atoms. The van der Waals surface area contributed by atoms with E-state index in [-0.39, 0.29) is 11.7 Å².